The molecule has 1 N–H and O–H groups in total. The quantitative estimate of drug-likeness (QED) is 0.817. The molecule has 3 heteroatoms. The van der Waals surface area contributed by atoms with E-state index in [1.807, 2.05) is 0 Å². The first kappa shape index (κ1) is 13.3. The van der Waals surface area contributed by atoms with Crippen LogP contribution in [0, 0.1) is 0 Å². The first-order valence-corrected chi connectivity index (χ1v) is 7.27. The van der Waals surface area contributed by atoms with E-state index in [-0.39, 0.29) is 0 Å². The molecule has 2 heterocycles. The van der Waals surface area contributed by atoms with Crippen LogP contribution in [0.2, 0.25) is 0 Å². The molecule has 0 aromatic carbocycles. The number of nitrogens with zero attached hydrogens (tertiary/aromatic N) is 1. The molecule has 0 spiro atoms. The molecule has 0 aliphatic carbocycles. The Bertz CT molecular complexity index is 240. The number of nitrogens with one attached hydrogen (secondary N) is 1. The Kier molecular flexibility index (Phi) is 4.45. The van der Waals surface area contributed by atoms with E-state index in [1.54, 1.807) is 0 Å². The predicted octanol–water partition coefficient (Wildman–Crippen LogP) is 2.02. The van der Waals surface area contributed by atoms with Crippen LogP contribution in [0.1, 0.15) is 46.5 Å². The van der Waals surface area contributed by atoms with Crippen LogP contribution in [0.15, 0.2) is 0 Å². The van der Waals surface area contributed by atoms with Crippen molar-refractivity contribution in [2.24, 2.45) is 0 Å². The molecule has 3 unspecified atom stereocenters. The SMILES string of the molecule is CCC1CNC(C)(CC)CN1C1CCCOC1. The monoisotopic (exact) mass is 240 g/mol. The molecule has 2 rings (SSSR count). The van der Waals surface area contributed by atoms with Crippen LogP contribution in [0.4, 0.5) is 0 Å². The minimum absolute atomic E-state index is 0.295. The summed E-state index contributed by atoms with van der Waals surface area (Å²) >= 11 is 0. The van der Waals surface area contributed by atoms with Gasteiger partial charge in [-0.25, -0.2) is 0 Å². The lowest BCUT2D eigenvalue weighted by molar-refractivity contribution is -0.0293. The Labute approximate surface area is 106 Å². The highest BCUT2D eigenvalue weighted by atomic mass is 16.5. The van der Waals surface area contributed by atoms with Crippen molar-refractivity contribution in [3.05, 3.63) is 0 Å². The van der Waals surface area contributed by atoms with Crippen LogP contribution in [-0.2, 0) is 4.74 Å². The summed E-state index contributed by atoms with van der Waals surface area (Å²) in [4.78, 5) is 2.72. The molecule has 2 saturated heterocycles. The van der Waals surface area contributed by atoms with Gasteiger partial charge in [-0.05, 0) is 32.6 Å². The second-order valence-electron chi connectivity index (χ2n) is 5.90. The van der Waals surface area contributed by atoms with Gasteiger partial charge in [-0.3, -0.25) is 4.90 Å². The Balaban J connectivity index is 2.03. The standard InChI is InChI=1S/C14H28N2O/c1-4-12-9-15-14(3,5-2)11-16(12)13-7-6-8-17-10-13/h12-13,15H,4-11H2,1-3H3. The van der Waals surface area contributed by atoms with Gasteiger partial charge in [-0.15, -0.1) is 0 Å². The molecule has 2 aliphatic rings. The minimum Gasteiger partial charge on any atom is -0.380 e. The van der Waals surface area contributed by atoms with Gasteiger partial charge >= 0.3 is 0 Å². The van der Waals surface area contributed by atoms with E-state index in [2.05, 4.69) is 31.0 Å². The van der Waals surface area contributed by atoms with Crippen molar-refractivity contribution in [1.82, 2.24) is 10.2 Å². The largest absolute Gasteiger partial charge is 0.380 e. The van der Waals surface area contributed by atoms with Gasteiger partial charge in [0.05, 0.1) is 6.61 Å². The molecule has 0 amide bonds. The fraction of sp³-hybridized carbons (Fsp3) is 1.00. The second-order valence-corrected chi connectivity index (χ2v) is 5.90. The van der Waals surface area contributed by atoms with Gasteiger partial charge in [0.25, 0.3) is 0 Å². The number of hydrogen-bond donors (Lipinski definition) is 1. The molecule has 0 saturated carbocycles. The molecule has 17 heavy (non-hydrogen) atoms. The van der Waals surface area contributed by atoms with Gasteiger partial charge in [0.15, 0.2) is 0 Å². The molecule has 2 fully saturated rings. The van der Waals surface area contributed by atoms with Gasteiger partial charge in [0, 0.05) is 37.3 Å². The van der Waals surface area contributed by atoms with E-state index in [9.17, 15) is 0 Å². The van der Waals surface area contributed by atoms with Gasteiger partial charge in [0.1, 0.15) is 0 Å². The number of hydrogen-bond acceptors (Lipinski definition) is 3. The molecule has 0 aromatic heterocycles. The van der Waals surface area contributed by atoms with Gasteiger partial charge in [-0.1, -0.05) is 13.8 Å². The minimum atomic E-state index is 0.295. The predicted molar refractivity (Wildman–Crippen MR) is 71.3 cm³/mol. The molecule has 0 radical (unpaired) electrons. The zero-order chi connectivity index (χ0) is 12.3. The fourth-order valence-corrected chi connectivity index (χ4v) is 3.10. The average molecular weight is 240 g/mol. The van der Waals surface area contributed by atoms with Crippen molar-refractivity contribution in [1.29, 1.82) is 0 Å². The van der Waals surface area contributed by atoms with Gasteiger partial charge < -0.3 is 10.1 Å². The molecule has 3 nitrogen and oxygen atoms in total. The van der Waals surface area contributed by atoms with E-state index in [0.717, 1.165) is 19.8 Å². The molecule has 2 aliphatic heterocycles. The van der Waals surface area contributed by atoms with Crippen molar-refractivity contribution in [3.8, 4) is 0 Å². The smallest absolute Gasteiger partial charge is 0.0621 e. The lowest BCUT2D eigenvalue weighted by Gasteiger charge is -2.49. The van der Waals surface area contributed by atoms with Crippen molar-refractivity contribution in [2.45, 2.75) is 64.1 Å². The number of piperazine rings is 1. The fourth-order valence-electron chi connectivity index (χ4n) is 3.10. The third kappa shape index (κ3) is 3.01. The summed E-state index contributed by atoms with van der Waals surface area (Å²) < 4.78 is 5.67. The van der Waals surface area contributed by atoms with Crippen molar-refractivity contribution >= 4 is 0 Å². The summed E-state index contributed by atoms with van der Waals surface area (Å²) in [6.07, 6.45) is 4.99. The summed E-state index contributed by atoms with van der Waals surface area (Å²) in [7, 11) is 0. The maximum atomic E-state index is 5.67. The third-order valence-corrected chi connectivity index (χ3v) is 4.62. The Morgan fingerprint density at radius 3 is 2.82 bits per heavy atom. The van der Waals surface area contributed by atoms with Crippen molar-refractivity contribution in [2.75, 3.05) is 26.3 Å². The first-order valence-electron chi connectivity index (χ1n) is 7.27. The summed E-state index contributed by atoms with van der Waals surface area (Å²) in [6, 6.07) is 1.35. The Morgan fingerprint density at radius 1 is 1.41 bits per heavy atom. The third-order valence-electron chi connectivity index (χ3n) is 4.62. The van der Waals surface area contributed by atoms with Crippen LogP contribution < -0.4 is 5.32 Å². The highest BCUT2D eigenvalue weighted by Gasteiger charge is 2.37. The van der Waals surface area contributed by atoms with E-state index in [4.69, 9.17) is 4.74 Å². The van der Waals surface area contributed by atoms with Gasteiger partial charge in [0.2, 0.25) is 0 Å². The molecule has 3 atom stereocenters. The summed E-state index contributed by atoms with van der Waals surface area (Å²) in [5.74, 6) is 0. The average Bonchev–Trinajstić information content (AvgIpc) is 2.40. The topological polar surface area (TPSA) is 24.5 Å². The molecule has 100 valence electrons. The van der Waals surface area contributed by atoms with Crippen LogP contribution in [0.3, 0.4) is 0 Å². The van der Waals surface area contributed by atoms with Crippen molar-refractivity contribution < 1.29 is 4.74 Å². The lowest BCUT2D eigenvalue weighted by atomic mass is 9.90. The van der Waals surface area contributed by atoms with Crippen LogP contribution >= 0.6 is 0 Å². The first-order chi connectivity index (χ1) is 8.18. The normalized spacial score (nSPS) is 40.4. The molecular formula is C14H28N2O. The maximum Gasteiger partial charge on any atom is 0.0621 e. The summed E-state index contributed by atoms with van der Waals surface area (Å²) in [5, 5.41) is 3.73. The zero-order valence-corrected chi connectivity index (χ0v) is 11.7. The molecule has 0 bridgehead atoms. The van der Waals surface area contributed by atoms with E-state index < -0.39 is 0 Å². The van der Waals surface area contributed by atoms with E-state index in [0.29, 0.717) is 17.6 Å². The van der Waals surface area contributed by atoms with Gasteiger partial charge in [-0.2, -0.15) is 0 Å². The summed E-state index contributed by atoms with van der Waals surface area (Å²) in [5.41, 5.74) is 0.295. The number of ether oxygens (including phenoxy) is 1. The van der Waals surface area contributed by atoms with Crippen LogP contribution in [0.5, 0.6) is 0 Å². The Hall–Kier alpha value is -0.120. The van der Waals surface area contributed by atoms with E-state index >= 15 is 0 Å². The lowest BCUT2D eigenvalue weighted by Crippen LogP contribution is -2.65. The second kappa shape index (κ2) is 5.68. The Morgan fingerprint density at radius 2 is 2.24 bits per heavy atom. The molecule has 0 aromatic rings. The highest BCUT2D eigenvalue weighted by Crippen LogP contribution is 2.25. The summed E-state index contributed by atoms with van der Waals surface area (Å²) in [6.45, 7) is 11.2. The van der Waals surface area contributed by atoms with Crippen molar-refractivity contribution in [3.63, 3.8) is 0 Å². The van der Waals surface area contributed by atoms with Crippen LogP contribution in [0.25, 0.3) is 0 Å². The number of rotatable bonds is 3. The van der Waals surface area contributed by atoms with Crippen LogP contribution in [-0.4, -0.2) is 48.8 Å². The zero-order valence-electron chi connectivity index (χ0n) is 11.7. The highest BCUT2D eigenvalue weighted by molar-refractivity contribution is 4.96. The maximum absolute atomic E-state index is 5.67. The molecular weight excluding hydrogens is 212 g/mol. The van der Waals surface area contributed by atoms with E-state index in [1.165, 1.54) is 32.2 Å².